The van der Waals surface area contributed by atoms with E-state index in [1.54, 1.807) is 42.1 Å². The monoisotopic (exact) mass is 616 g/mol. The summed E-state index contributed by atoms with van der Waals surface area (Å²) in [5.74, 6) is -3.78. The number of carbonyl (C=O) groups is 2. The Labute approximate surface area is 259 Å². The first-order chi connectivity index (χ1) is 21.5. The number of anilines is 1. The fourth-order valence-corrected chi connectivity index (χ4v) is 5.56. The van der Waals surface area contributed by atoms with Crippen LogP contribution in [0.1, 0.15) is 82.1 Å². The number of benzene rings is 1. The Bertz CT molecular complexity index is 1750. The molecule has 234 valence electrons. The molecule has 2 aliphatic carbocycles. The van der Waals surface area contributed by atoms with E-state index in [4.69, 9.17) is 4.74 Å². The number of pyridine rings is 2. The number of rotatable bonds is 11. The Morgan fingerprint density at radius 2 is 1.89 bits per heavy atom. The quantitative estimate of drug-likeness (QED) is 0.325. The molecule has 12 heteroatoms. The highest BCUT2D eigenvalue weighted by molar-refractivity contribution is 6.05. The highest BCUT2D eigenvalue weighted by Gasteiger charge is 2.46. The molecule has 45 heavy (non-hydrogen) atoms. The van der Waals surface area contributed by atoms with Gasteiger partial charge >= 0.3 is 0 Å². The molecular weight excluding hydrogens is 582 g/mol. The number of carbonyl (C=O) groups excluding carboxylic acids is 2. The Kier molecular flexibility index (Phi) is 8.24. The summed E-state index contributed by atoms with van der Waals surface area (Å²) in [4.78, 5) is 46.1. The van der Waals surface area contributed by atoms with Crippen LogP contribution in [-0.2, 0) is 11.3 Å². The number of nitriles is 1. The van der Waals surface area contributed by atoms with Crippen molar-refractivity contribution in [2.24, 2.45) is 0 Å². The van der Waals surface area contributed by atoms with Gasteiger partial charge in [-0.2, -0.15) is 5.26 Å². The molecule has 3 heterocycles. The van der Waals surface area contributed by atoms with Gasteiger partial charge in [-0.25, -0.2) is 13.8 Å². The van der Waals surface area contributed by atoms with Crippen LogP contribution in [0.25, 0.3) is 11.1 Å². The molecule has 2 aromatic heterocycles. The van der Waals surface area contributed by atoms with Gasteiger partial charge < -0.3 is 24.8 Å². The number of methoxy groups -OCH3 is 1. The maximum Gasteiger partial charge on any atom is 0.282 e. The standard InChI is InChI=1S/C33H34F2N6O4/c1-19(16-45-2)37-14-21-10-27(32(44)41(15-21)24-6-7-24)30(42)39-29-12-23(11-28(38-29)22-4-5-22)25-8-3-20(13-36)9-26(25)31(43)40-17-33(34,35)18-40/h3,8-12,15,19,22,24,37H,4-7,14,16-18H2,1-2H3,(H,38,39,42)/t19-/m0/s1. The summed E-state index contributed by atoms with van der Waals surface area (Å²) < 4.78 is 34.0. The molecule has 0 bridgehead atoms. The molecule has 0 radical (unpaired) electrons. The summed E-state index contributed by atoms with van der Waals surface area (Å²) in [6, 6.07) is 11.7. The van der Waals surface area contributed by atoms with Crippen molar-refractivity contribution in [3.8, 4) is 17.2 Å². The van der Waals surface area contributed by atoms with Gasteiger partial charge in [0.1, 0.15) is 11.4 Å². The van der Waals surface area contributed by atoms with Crippen LogP contribution in [0.5, 0.6) is 0 Å². The molecule has 1 aliphatic heterocycles. The first-order valence-electron chi connectivity index (χ1n) is 15.1. The fourth-order valence-electron chi connectivity index (χ4n) is 5.56. The zero-order chi connectivity index (χ0) is 31.9. The first kappa shape index (κ1) is 30.6. The SMILES string of the molecule is COC[C@H](C)NCc1cc(C(=O)Nc2cc(-c3ccc(C#N)cc3C(=O)N3CC(F)(F)C3)cc(C3CC3)n2)c(=O)n(C2CC2)c1. The smallest absolute Gasteiger partial charge is 0.282 e. The highest BCUT2D eigenvalue weighted by Crippen LogP contribution is 2.42. The number of nitrogens with zero attached hydrogens (tertiary/aromatic N) is 4. The second-order valence-electron chi connectivity index (χ2n) is 12.2. The summed E-state index contributed by atoms with van der Waals surface area (Å²) >= 11 is 0. The van der Waals surface area contributed by atoms with Crippen molar-refractivity contribution in [2.75, 3.05) is 32.1 Å². The summed E-state index contributed by atoms with van der Waals surface area (Å²) in [6.45, 7) is 1.56. The van der Waals surface area contributed by atoms with Crippen LogP contribution < -0.4 is 16.2 Å². The zero-order valence-electron chi connectivity index (χ0n) is 25.1. The van der Waals surface area contributed by atoms with Crippen LogP contribution in [-0.4, -0.2) is 65.0 Å². The van der Waals surface area contributed by atoms with Gasteiger partial charge in [-0.1, -0.05) is 6.07 Å². The normalized spacial score (nSPS) is 17.7. The van der Waals surface area contributed by atoms with Gasteiger partial charge in [0.05, 0.1) is 31.3 Å². The average Bonchev–Trinajstić information content (AvgIpc) is 3.92. The van der Waals surface area contributed by atoms with Crippen LogP contribution in [0.3, 0.4) is 0 Å². The van der Waals surface area contributed by atoms with Crippen LogP contribution in [0.2, 0.25) is 0 Å². The minimum atomic E-state index is -2.94. The van der Waals surface area contributed by atoms with Crippen LogP contribution in [0, 0.1) is 11.3 Å². The van der Waals surface area contributed by atoms with E-state index in [9.17, 15) is 28.4 Å². The molecule has 10 nitrogen and oxygen atoms in total. The van der Waals surface area contributed by atoms with Crippen molar-refractivity contribution in [1.82, 2.24) is 19.8 Å². The van der Waals surface area contributed by atoms with Gasteiger partial charge in [0.25, 0.3) is 23.3 Å². The van der Waals surface area contributed by atoms with Crippen LogP contribution >= 0.6 is 0 Å². The van der Waals surface area contributed by atoms with Crippen molar-refractivity contribution in [3.05, 3.63) is 80.9 Å². The molecule has 3 aromatic rings. The minimum absolute atomic E-state index is 0.00581. The van der Waals surface area contributed by atoms with E-state index in [2.05, 4.69) is 15.6 Å². The van der Waals surface area contributed by atoms with Crippen molar-refractivity contribution in [2.45, 2.75) is 63.1 Å². The highest BCUT2D eigenvalue weighted by atomic mass is 19.3. The molecule has 2 amide bonds. The molecular formula is C33H34F2N6O4. The van der Waals surface area contributed by atoms with E-state index in [0.717, 1.165) is 36.1 Å². The summed E-state index contributed by atoms with van der Waals surface area (Å²) in [5, 5.41) is 15.6. The molecule has 6 rings (SSSR count). The molecule has 0 spiro atoms. The number of likely N-dealkylation sites (tertiary alicyclic amines) is 1. The molecule has 1 saturated heterocycles. The van der Waals surface area contributed by atoms with E-state index >= 15 is 0 Å². The van der Waals surface area contributed by atoms with Gasteiger partial charge in [0.2, 0.25) is 0 Å². The number of nitrogens with one attached hydrogen (secondary N) is 2. The van der Waals surface area contributed by atoms with Crippen molar-refractivity contribution < 1.29 is 23.1 Å². The summed E-state index contributed by atoms with van der Waals surface area (Å²) in [7, 11) is 1.62. The number of hydrogen-bond donors (Lipinski definition) is 2. The lowest BCUT2D eigenvalue weighted by Gasteiger charge is -2.39. The summed E-state index contributed by atoms with van der Waals surface area (Å²) in [6.07, 6.45) is 5.35. The third-order valence-electron chi connectivity index (χ3n) is 8.26. The Morgan fingerprint density at radius 3 is 2.53 bits per heavy atom. The van der Waals surface area contributed by atoms with E-state index in [1.165, 1.54) is 6.07 Å². The largest absolute Gasteiger partial charge is 0.383 e. The molecule has 0 unspecified atom stereocenters. The topological polar surface area (TPSA) is 129 Å². The molecule has 2 saturated carbocycles. The third-order valence-corrected chi connectivity index (χ3v) is 8.26. The van der Waals surface area contributed by atoms with E-state index in [1.807, 2.05) is 19.1 Å². The number of aromatic nitrogens is 2. The number of halogens is 2. The summed E-state index contributed by atoms with van der Waals surface area (Å²) in [5.41, 5.74) is 2.42. The minimum Gasteiger partial charge on any atom is -0.383 e. The Balaban J connectivity index is 1.33. The maximum atomic E-state index is 13.7. The number of alkyl halides is 2. The van der Waals surface area contributed by atoms with Gasteiger partial charge in [0.15, 0.2) is 0 Å². The second-order valence-corrected chi connectivity index (χ2v) is 12.2. The molecule has 3 aliphatic rings. The molecule has 1 atom stereocenters. The average molecular weight is 617 g/mol. The molecule has 2 N–H and O–H groups in total. The number of hydrogen-bond acceptors (Lipinski definition) is 7. The number of ether oxygens (including phenoxy) is 1. The van der Waals surface area contributed by atoms with E-state index in [-0.39, 0.29) is 46.1 Å². The maximum absolute atomic E-state index is 13.7. The van der Waals surface area contributed by atoms with Crippen molar-refractivity contribution in [1.29, 1.82) is 5.26 Å². The van der Waals surface area contributed by atoms with Gasteiger partial charge in [-0.3, -0.25) is 14.4 Å². The van der Waals surface area contributed by atoms with Crippen molar-refractivity contribution in [3.63, 3.8) is 0 Å². The Hall–Kier alpha value is -4.47. The Morgan fingerprint density at radius 1 is 1.13 bits per heavy atom. The van der Waals surface area contributed by atoms with Gasteiger partial charge in [-0.05, 0) is 79.6 Å². The van der Waals surface area contributed by atoms with Gasteiger partial charge in [-0.15, -0.1) is 0 Å². The first-order valence-corrected chi connectivity index (χ1v) is 15.1. The van der Waals surface area contributed by atoms with E-state index < -0.39 is 30.8 Å². The third kappa shape index (κ3) is 6.79. The predicted octanol–water partition coefficient (Wildman–Crippen LogP) is 4.46. The second kappa shape index (κ2) is 12.1. The fraction of sp³-hybridized carbons (Fsp3) is 0.424. The van der Waals surface area contributed by atoms with Gasteiger partial charge in [0, 0.05) is 49.1 Å². The van der Waals surface area contributed by atoms with Crippen LogP contribution in [0.4, 0.5) is 14.6 Å². The van der Waals surface area contributed by atoms with E-state index in [0.29, 0.717) is 30.0 Å². The lowest BCUT2D eigenvalue weighted by Crippen LogP contribution is -2.58. The molecule has 3 fully saturated rings. The lowest BCUT2D eigenvalue weighted by atomic mass is 9.95. The predicted molar refractivity (Wildman–Crippen MR) is 162 cm³/mol. The number of amides is 2. The zero-order valence-corrected chi connectivity index (χ0v) is 25.1. The molecule has 1 aromatic carbocycles. The van der Waals surface area contributed by atoms with Crippen LogP contribution in [0.15, 0.2) is 47.4 Å². The lowest BCUT2D eigenvalue weighted by molar-refractivity contribution is -0.113. The van der Waals surface area contributed by atoms with Crippen molar-refractivity contribution >= 4 is 17.6 Å².